The molecule has 0 radical (unpaired) electrons. The number of aryl methyl sites for hydroxylation is 2. The van der Waals surface area contributed by atoms with E-state index in [0.717, 1.165) is 24.0 Å². The van der Waals surface area contributed by atoms with Crippen LogP contribution in [0.15, 0.2) is 18.2 Å². The molecule has 1 unspecified atom stereocenters. The van der Waals surface area contributed by atoms with Gasteiger partial charge in [0.15, 0.2) is 0 Å². The van der Waals surface area contributed by atoms with Gasteiger partial charge in [0.1, 0.15) is 5.78 Å². The number of carbonyl (C=O) groups excluding carboxylic acids is 3. The maximum Gasteiger partial charge on any atom is 0.238 e. The van der Waals surface area contributed by atoms with E-state index in [1.807, 2.05) is 32.0 Å². The molecule has 2 bridgehead atoms. The molecule has 1 aliphatic heterocycles. The number of ketones is 1. The van der Waals surface area contributed by atoms with Gasteiger partial charge in [-0.2, -0.15) is 0 Å². The minimum absolute atomic E-state index is 0.0653. The van der Waals surface area contributed by atoms with Gasteiger partial charge in [-0.1, -0.05) is 6.07 Å². The Hall–Kier alpha value is -1.97. The largest absolute Gasteiger partial charge is 0.299 e. The van der Waals surface area contributed by atoms with Gasteiger partial charge < -0.3 is 0 Å². The molecule has 5 rings (SSSR count). The van der Waals surface area contributed by atoms with Gasteiger partial charge >= 0.3 is 0 Å². The summed E-state index contributed by atoms with van der Waals surface area (Å²) in [4.78, 5) is 39.1. The van der Waals surface area contributed by atoms with Crippen molar-refractivity contribution in [3.8, 4) is 0 Å². The van der Waals surface area contributed by atoms with Gasteiger partial charge in [-0.25, -0.2) is 0 Å². The van der Waals surface area contributed by atoms with Crippen LogP contribution in [0.5, 0.6) is 0 Å². The van der Waals surface area contributed by atoms with Crippen LogP contribution in [0.2, 0.25) is 0 Å². The molecule has 1 heterocycles. The van der Waals surface area contributed by atoms with Crippen LogP contribution in [0, 0.1) is 37.5 Å². The molecule has 0 aromatic heterocycles. The molecule has 4 fully saturated rings. The van der Waals surface area contributed by atoms with E-state index in [2.05, 4.69) is 0 Å². The minimum atomic E-state index is -0.408. The van der Waals surface area contributed by atoms with Crippen molar-refractivity contribution in [2.45, 2.75) is 33.1 Å². The predicted molar refractivity (Wildman–Crippen MR) is 81.2 cm³/mol. The molecule has 0 spiro atoms. The molecule has 4 nitrogen and oxygen atoms in total. The number of carbonyl (C=O) groups is 3. The van der Waals surface area contributed by atoms with Gasteiger partial charge in [0, 0.05) is 12.3 Å². The Morgan fingerprint density at radius 3 is 2.36 bits per heavy atom. The Labute approximate surface area is 129 Å². The lowest BCUT2D eigenvalue weighted by atomic mass is 9.59. The maximum absolute atomic E-state index is 12.8. The lowest BCUT2D eigenvalue weighted by Gasteiger charge is -2.41. The summed E-state index contributed by atoms with van der Waals surface area (Å²) in [6.07, 6.45) is 2.15. The van der Waals surface area contributed by atoms with E-state index in [0.29, 0.717) is 12.1 Å². The Morgan fingerprint density at radius 1 is 0.955 bits per heavy atom. The quantitative estimate of drug-likeness (QED) is 0.748. The highest BCUT2D eigenvalue weighted by molar-refractivity contribution is 6.23. The number of amides is 2. The standard InChI is InChI=1S/C18H19NO3/c1-9-3-5-12(7-10(9)2)19-17(21)15-11-4-6-13(14(20)8-11)16(15)18(19)22/h3,5,7,11,13,15-16H,4,6,8H2,1-2H3/t11-,13+,15+,16?/m0/s1. The average molecular weight is 297 g/mol. The molecule has 22 heavy (non-hydrogen) atoms. The summed E-state index contributed by atoms with van der Waals surface area (Å²) in [5.41, 5.74) is 2.85. The highest BCUT2D eigenvalue weighted by Crippen LogP contribution is 2.52. The van der Waals surface area contributed by atoms with Crippen molar-refractivity contribution in [3.63, 3.8) is 0 Å². The zero-order valence-electron chi connectivity index (χ0n) is 12.8. The second kappa shape index (κ2) is 4.51. The highest BCUT2D eigenvalue weighted by Gasteiger charge is 2.60. The fourth-order valence-corrected chi connectivity index (χ4v) is 4.50. The highest BCUT2D eigenvalue weighted by atomic mass is 16.2. The first-order valence-electron chi connectivity index (χ1n) is 7.97. The number of rotatable bonds is 1. The zero-order valence-corrected chi connectivity index (χ0v) is 12.8. The maximum atomic E-state index is 12.8. The first-order valence-corrected chi connectivity index (χ1v) is 7.97. The molecular formula is C18H19NO3. The third kappa shape index (κ3) is 1.67. The summed E-state index contributed by atoms with van der Waals surface area (Å²) >= 11 is 0. The fraction of sp³-hybridized carbons (Fsp3) is 0.500. The molecule has 1 saturated heterocycles. The van der Waals surface area contributed by atoms with E-state index in [4.69, 9.17) is 0 Å². The second-order valence-electron chi connectivity index (χ2n) is 6.95. The van der Waals surface area contributed by atoms with E-state index in [1.54, 1.807) is 0 Å². The SMILES string of the molecule is Cc1ccc(N2C(=O)C3[C@@H]4CC[C@@H](CC4=O)[C@H]3C2=O)cc1C. The first-order chi connectivity index (χ1) is 10.5. The molecule has 4 aliphatic rings. The third-order valence-electron chi connectivity index (χ3n) is 5.81. The predicted octanol–water partition coefficient (Wildman–Crippen LogP) is 2.41. The van der Waals surface area contributed by atoms with Crippen LogP contribution < -0.4 is 4.90 Å². The molecular weight excluding hydrogens is 278 g/mol. The smallest absolute Gasteiger partial charge is 0.238 e. The normalized spacial score (nSPS) is 33.5. The van der Waals surface area contributed by atoms with Crippen LogP contribution in [0.4, 0.5) is 5.69 Å². The lowest BCUT2D eigenvalue weighted by Crippen LogP contribution is -2.46. The zero-order chi connectivity index (χ0) is 15.6. The van der Waals surface area contributed by atoms with Crippen LogP contribution in [-0.4, -0.2) is 17.6 Å². The van der Waals surface area contributed by atoms with Gasteiger partial charge in [-0.05, 0) is 55.9 Å². The van der Waals surface area contributed by atoms with Gasteiger partial charge in [-0.3, -0.25) is 19.3 Å². The monoisotopic (exact) mass is 297 g/mol. The number of hydrogen-bond acceptors (Lipinski definition) is 3. The van der Waals surface area contributed by atoms with Gasteiger partial charge in [-0.15, -0.1) is 0 Å². The number of fused-ring (bicyclic) bond motifs is 2. The van der Waals surface area contributed by atoms with Crippen LogP contribution in [-0.2, 0) is 14.4 Å². The van der Waals surface area contributed by atoms with Crippen molar-refractivity contribution in [1.82, 2.24) is 0 Å². The molecule has 0 N–H and O–H groups in total. The second-order valence-corrected chi connectivity index (χ2v) is 6.95. The Kier molecular flexibility index (Phi) is 2.80. The number of benzene rings is 1. The molecule has 3 saturated carbocycles. The van der Waals surface area contributed by atoms with E-state index >= 15 is 0 Å². The topological polar surface area (TPSA) is 54.5 Å². The van der Waals surface area contributed by atoms with Crippen molar-refractivity contribution in [3.05, 3.63) is 29.3 Å². The lowest BCUT2D eigenvalue weighted by molar-refractivity contribution is -0.143. The summed E-state index contributed by atoms with van der Waals surface area (Å²) < 4.78 is 0. The van der Waals surface area contributed by atoms with E-state index in [9.17, 15) is 14.4 Å². The van der Waals surface area contributed by atoms with Gasteiger partial charge in [0.2, 0.25) is 11.8 Å². The van der Waals surface area contributed by atoms with Crippen molar-refractivity contribution in [1.29, 1.82) is 0 Å². The number of nitrogens with zero attached hydrogens (tertiary/aromatic N) is 1. The van der Waals surface area contributed by atoms with E-state index in [1.165, 1.54) is 4.90 Å². The van der Waals surface area contributed by atoms with Crippen molar-refractivity contribution in [2.24, 2.45) is 23.7 Å². The number of imide groups is 1. The van der Waals surface area contributed by atoms with Crippen molar-refractivity contribution in [2.75, 3.05) is 4.90 Å². The molecule has 1 aromatic carbocycles. The van der Waals surface area contributed by atoms with Crippen molar-refractivity contribution < 1.29 is 14.4 Å². The molecule has 4 heteroatoms. The van der Waals surface area contributed by atoms with Gasteiger partial charge in [0.25, 0.3) is 0 Å². The molecule has 2 amide bonds. The van der Waals surface area contributed by atoms with E-state index < -0.39 is 5.92 Å². The average Bonchev–Trinajstić information content (AvgIpc) is 2.76. The van der Waals surface area contributed by atoms with Crippen LogP contribution in [0.1, 0.15) is 30.4 Å². The number of anilines is 1. The van der Waals surface area contributed by atoms with Crippen molar-refractivity contribution >= 4 is 23.3 Å². The summed E-state index contributed by atoms with van der Waals surface area (Å²) in [5, 5.41) is 0. The summed E-state index contributed by atoms with van der Waals surface area (Å²) in [5.74, 6) is -0.930. The summed E-state index contributed by atoms with van der Waals surface area (Å²) in [6.45, 7) is 3.98. The number of hydrogen-bond donors (Lipinski definition) is 0. The molecule has 3 aliphatic carbocycles. The van der Waals surface area contributed by atoms with Crippen LogP contribution >= 0.6 is 0 Å². The molecule has 114 valence electrons. The third-order valence-corrected chi connectivity index (χ3v) is 5.81. The van der Waals surface area contributed by atoms with Crippen LogP contribution in [0.25, 0.3) is 0 Å². The van der Waals surface area contributed by atoms with Crippen LogP contribution in [0.3, 0.4) is 0 Å². The molecule has 4 atom stereocenters. The first kappa shape index (κ1) is 13.7. The Bertz CT molecular complexity index is 708. The minimum Gasteiger partial charge on any atom is -0.299 e. The van der Waals surface area contributed by atoms with Gasteiger partial charge in [0.05, 0.1) is 17.5 Å². The van der Waals surface area contributed by atoms with E-state index in [-0.39, 0.29) is 35.4 Å². The number of Topliss-reactive ketones (excluding diaryl/α,β-unsaturated/α-hetero) is 1. The Balaban J connectivity index is 1.77. The summed E-state index contributed by atoms with van der Waals surface area (Å²) in [6, 6.07) is 5.67. The summed E-state index contributed by atoms with van der Waals surface area (Å²) in [7, 11) is 0. The molecule has 1 aromatic rings. The Morgan fingerprint density at radius 2 is 1.68 bits per heavy atom. The fourth-order valence-electron chi connectivity index (χ4n) is 4.50.